The van der Waals surface area contributed by atoms with E-state index in [1.54, 1.807) is 0 Å². The van der Waals surface area contributed by atoms with Crippen molar-refractivity contribution in [3.63, 3.8) is 0 Å². The van der Waals surface area contributed by atoms with Gasteiger partial charge >= 0.3 is 17.7 Å². The summed E-state index contributed by atoms with van der Waals surface area (Å²) in [5, 5.41) is 0. The smallest absolute Gasteiger partial charge is 0.452 e. The van der Waals surface area contributed by atoms with Crippen molar-refractivity contribution in [2.45, 2.75) is 146 Å². The Balaban J connectivity index is 1.32. The Hall–Kier alpha value is -1.72. The zero-order valence-electron chi connectivity index (χ0n) is 22.7. The van der Waals surface area contributed by atoms with Gasteiger partial charge < -0.3 is 18.9 Å². The van der Waals surface area contributed by atoms with Gasteiger partial charge in [-0.25, -0.2) is 9.59 Å². The number of carbonyl (C=O) groups excluding carboxylic acids is 2. The van der Waals surface area contributed by atoms with Gasteiger partial charge in [0.25, 0.3) is 0 Å². The lowest BCUT2D eigenvalue weighted by Crippen LogP contribution is -2.54. The molecule has 0 unspecified atom stereocenters. The first-order valence-corrected chi connectivity index (χ1v) is 15.6. The average Bonchev–Trinajstić information content (AvgIpc) is 3.48. The Morgan fingerprint density at radius 2 is 0.784 bits per heavy atom. The molecule has 0 aromatic rings. The maximum absolute atomic E-state index is 13.8. The first kappa shape index (κ1) is 26.9. The molecule has 208 valence electrons. The molecule has 37 heavy (non-hydrogen) atoms. The molecule has 1 heterocycles. The fraction of sp³-hybridized carbons (Fsp3) is 0.871. The van der Waals surface area contributed by atoms with Crippen LogP contribution in [0.5, 0.6) is 0 Å². The van der Waals surface area contributed by atoms with Gasteiger partial charge in [-0.05, 0) is 75.0 Å². The van der Waals surface area contributed by atoms with Gasteiger partial charge in [-0.15, -0.1) is 0 Å². The molecule has 0 aromatic carbocycles. The van der Waals surface area contributed by atoms with Crippen molar-refractivity contribution >= 4 is 11.9 Å². The van der Waals surface area contributed by atoms with Crippen LogP contribution in [0.4, 0.5) is 0 Å². The lowest BCUT2D eigenvalue weighted by Gasteiger charge is -2.39. The molecule has 1 aliphatic heterocycles. The third-order valence-corrected chi connectivity index (χ3v) is 10.0. The molecule has 6 heteroatoms. The van der Waals surface area contributed by atoms with Crippen LogP contribution in [-0.2, 0) is 28.5 Å². The highest BCUT2D eigenvalue weighted by Crippen LogP contribution is 2.41. The highest BCUT2D eigenvalue weighted by molar-refractivity contribution is 6.02. The van der Waals surface area contributed by atoms with Crippen molar-refractivity contribution in [3.8, 4) is 0 Å². The molecule has 0 bridgehead atoms. The Morgan fingerprint density at radius 3 is 1.05 bits per heavy atom. The van der Waals surface area contributed by atoms with Gasteiger partial charge in [0.1, 0.15) is 24.7 Å². The van der Waals surface area contributed by atoms with E-state index in [2.05, 4.69) is 0 Å². The van der Waals surface area contributed by atoms with Gasteiger partial charge in [0, 0.05) is 0 Å². The van der Waals surface area contributed by atoms with Crippen LogP contribution in [0.3, 0.4) is 0 Å². The zero-order valence-corrected chi connectivity index (χ0v) is 22.7. The quantitative estimate of drug-likeness (QED) is 0.248. The third kappa shape index (κ3) is 6.30. The van der Waals surface area contributed by atoms with Crippen molar-refractivity contribution in [2.75, 3.05) is 0 Å². The van der Waals surface area contributed by atoms with E-state index in [1.165, 1.54) is 89.6 Å². The molecule has 0 amide bonds. The van der Waals surface area contributed by atoms with E-state index in [-0.39, 0.29) is 12.2 Å². The van der Waals surface area contributed by atoms with E-state index in [0.717, 1.165) is 51.4 Å². The SMILES string of the molecule is O=C(OC(C1CCCCC1)C1CCCCC1)C1(C(=O)OC(C2CCCCC2)C2CCCCC2)OC=CO1. The van der Waals surface area contributed by atoms with Crippen LogP contribution in [0.1, 0.15) is 128 Å². The molecule has 0 aromatic heterocycles. The van der Waals surface area contributed by atoms with Gasteiger partial charge in [0.15, 0.2) is 0 Å². The summed E-state index contributed by atoms with van der Waals surface area (Å²) >= 11 is 0. The first-order chi connectivity index (χ1) is 18.2. The maximum Gasteiger partial charge on any atom is 0.452 e. The van der Waals surface area contributed by atoms with Crippen LogP contribution in [0.2, 0.25) is 0 Å². The van der Waals surface area contributed by atoms with Crippen LogP contribution in [0.25, 0.3) is 0 Å². The van der Waals surface area contributed by atoms with Crippen molar-refractivity contribution in [2.24, 2.45) is 23.7 Å². The number of rotatable bonds is 8. The van der Waals surface area contributed by atoms with Gasteiger partial charge in [-0.1, -0.05) is 77.0 Å². The molecule has 0 N–H and O–H groups in total. The van der Waals surface area contributed by atoms with Crippen LogP contribution in [0.15, 0.2) is 12.5 Å². The third-order valence-electron chi connectivity index (χ3n) is 10.0. The summed E-state index contributed by atoms with van der Waals surface area (Å²) in [6.07, 6.45) is 25.3. The summed E-state index contributed by atoms with van der Waals surface area (Å²) in [7, 11) is 0. The Labute approximate surface area is 223 Å². The second-order valence-electron chi connectivity index (χ2n) is 12.5. The van der Waals surface area contributed by atoms with Crippen LogP contribution in [-0.4, -0.2) is 29.9 Å². The minimum atomic E-state index is -2.16. The average molecular weight is 517 g/mol. The number of ether oxygens (including phenoxy) is 4. The Bertz CT molecular complexity index is 669. The van der Waals surface area contributed by atoms with E-state index < -0.39 is 17.7 Å². The molecule has 4 fully saturated rings. The minimum Gasteiger partial charge on any atom is -0.456 e. The summed E-state index contributed by atoms with van der Waals surface area (Å²) in [5.41, 5.74) is 0. The topological polar surface area (TPSA) is 71.1 Å². The predicted molar refractivity (Wildman–Crippen MR) is 140 cm³/mol. The van der Waals surface area contributed by atoms with E-state index in [1.807, 2.05) is 0 Å². The van der Waals surface area contributed by atoms with Gasteiger partial charge in [-0.3, -0.25) is 0 Å². The summed E-state index contributed by atoms with van der Waals surface area (Å²) < 4.78 is 23.9. The van der Waals surface area contributed by atoms with E-state index >= 15 is 0 Å². The van der Waals surface area contributed by atoms with E-state index in [4.69, 9.17) is 18.9 Å². The van der Waals surface area contributed by atoms with E-state index in [0.29, 0.717) is 23.7 Å². The molecule has 0 spiro atoms. The van der Waals surface area contributed by atoms with Crippen LogP contribution < -0.4 is 0 Å². The molecular formula is C31H48O6. The second-order valence-corrected chi connectivity index (χ2v) is 12.5. The summed E-state index contributed by atoms with van der Waals surface area (Å²) in [4.78, 5) is 27.7. The molecule has 0 radical (unpaired) electrons. The van der Waals surface area contributed by atoms with Crippen LogP contribution in [0, 0.1) is 23.7 Å². The lowest BCUT2D eigenvalue weighted by atomic mass is 9.75. The highest BCUT2D eigenvalue weighted by atomic mass is 16.8. The summed E-state index contributed by atoms with van der Waals surface area (Å²) in [6, 6.07) is 0. The molecule has 0 saturated heterocycles. The summed E-state index contributed by atoms with van der Waals surface area (Å²) in [5.74, 6) is -2.23. The predicted octanol–water partition coefficient (Wildman–Crippen LogP) is 7.35. The standard InChI is InChI=1S/C31H48O6/c32-29(36-27(23-13-5-1-6-14-23)24-15-7-2-8-16-24)31(34-21-22-35-31)30(33)37-28(25-17-9-3-10-18-25)26-19-11-4-12-20-26/h21-28H,1-20H2. The van der Waals surface area contributed by atoms with E-state index in [9.17, 15) is 9.59 Å². The molecule has 5 aliphatic rings. The molecule has 5 rings (SSSR count). The van der Waals surface area contributed by atoms with Crippen molar-refractivity contribution in [3.05, 3.63) is 12.5 Å². The van der Waals surface area contributed by atoms with Gasteiger partial charge in [-0.2, -0.15) is 0 Å². The van der Waals surface area contributed by atoms with Crippen molar-refractivity contribution in [1.82, 2.24) is 0 Å². The molecular weight excluding hydrogens is 468 g/mol. The molecule has 4 aliphatic carbocycles. The fourth-order valence-electron chi connectivity index (χ4n) is 7.96. The van der Waals surface area contributed by atoms with Gasteiger partial charge in [0.05, 0.1) is 0 Å². The first-order valence-electron chi connectivity index (χ1n) is 15.6. The van der Waals surface area contributed by atoms with Crippen molar-refractivity contribution < 1.29 is 28.5 Å². The van der Waals surface area contributed by atoms with Crippen LogP contribution >= 0.6 is 0 Å². The molecule has 6 nitrogen and oxygen atoms in total. The maximum atomic E-state index is 13.8. The minimum absolute atomic E-state index is 0.182. The van der Waals surface area contributed by atoms with Crippen molar-refractivity contribution in [1.29, 1.82) is 0 Å². The number of hydrogen-bond donors (Lipinski definition) is 0. The Morgan fingerprint density at radius 1 is 0.514 bits per heavy atom. The Kier molecular flexibility index (Phi) is 9.36. The highest BCUT2D eigenvalue weighted by Gasteiger charge is 2.59. The number of carbonyl (C=O) groups is 2. The zero-order chi connectivity index (χ0) is 25.5. The molecule has 0 atom stereocenters. The largest absolute Gasteiger partial charge is 0.456 e. The number of hydrogen-bond acceptors (Lipinski definition) is 6. The number of esters is 2. The lowest BCUT2D eigenvalue weighted by molar-refractivity contribution is -0.230. The van der Waals surface area contributed by atoms with Gasteiger partial charge in [0.2, 0.25) is 0 Å². The molecule has 4 saturated carbocycles. The monoisotopic (exact) mass is 516 g/mol. The summed E-state index contributed by atoms with van der Waals surface area (Å²) in [6.45, 7) is 0. The second kappa shape index (κ2) is 12.9. The fourth-order valence-corrected chi connectivity index (χ4v) is 7.96. The normalized spacial score (nSPS) is 26.1.